The zero-order valence-electron chi connectivity index (χ0n) is 43.6. The molecule has 0 aromatic heterocycles. The molecule has 0 heterocycles. The molecule has 0 saturated heterocycles. The van der Waals surface area contributed by atoms with E-state index in [0.29, 0.717) is 6.54 Å². The van der Waals surface area contributed by atoms with Gasteiger partial charge in [0.2, 0.25) is 0 Å². The molecule has 1 atom stereocenters. The maximum atomic E-state index is 11.9. The van der Waals surface area contributed by atoms with E-state index in [2.05, 4.69) is 20.8 Å². The van der Waals surface area contributed by atoms with E-state index in [1.54, 1.807) is 0 Å². The molecule has 0 bridgehead atoms. The predicted octanol–water partition coefficient (Wildman–Crippen LogP) is 18.8. The summed E-state index contributed by atoms with van der Waals surface area (Å²) in [6.07, 6.45) is 64.3. The highest BCUT2D eigenvalue weighted by Gasteiger charge is 2.31. The van der Waals surface area contributed by atoms with Gasteiger partial charge in [-0.3, -0.25) is 4.55 Å². The van der Waals surface area contributed by atoms with Crippen molar-refractivity contribution in [2.75, 3.05) is 31.9 Å². The van der Waals surface area contributed by atoms with E-state index >= 15 is 0 Å². The van der Waals surface area contributed by atoms with E-state index < -0.39 is 22.0 Å². The van der Waals surface area contributed by atoms with Gasteiger partial charge < -0.3 is 9.59 Å². The number of aliphatic hydroxyl groups excluding tert-OH is 1. The Bertz CT molecular complexity index is 885. The quantitative estimate of drug-likeness (QED) is 0.0362. The number of unbranched alkanes of at least 4 members (excludes halogenated alkanes) is 45. The third-order valence-corrected chi connectivity index (χ3v) is 15.3. The van der Waals surface area contributed by atoms with Crippen LogP contribution in [-0.2, 0) is 10.1 Å². The van der Waals surface area contributed by atoms with Gasteiger partial charge >= 0.3 is 0 Å². The third-order valence-electron chi connectivity index (χ3n) is 14.5. The number of rotatable bonds is 55. The molecule has 0 aliphatic heterocycles. The second kappa shape index (κ2) is 49.7. The Morgan fingerprint density at radius 1 is 0.302 bits per heavy atom. The SMILES string of the molecule is CCCCCCCCCCCCCCCCCC[N+](CCCCCCCCCCCCCCCCCC)(CCCCCCCCCCCCCCCCCC)CC(O)CS(=O)(=O)O. The van der Waals surface area contributed by atoms with Crippen LogP contribution in [0.15, 0.2) is 0 Å². The van der Waals surface area contributed by atoms with E-state index in [1.165, 1.54) is 289 Å². The van der Waals surface area contributed by atoms with Gasteiger partial charge in [0, 0.05) is 0 Å². The summed E-state index contributed by atoms with van der Waals surface area (Å²) < 4.78 is 34.2. The lowest BCUT2D eigenvalue weighted by Gasteiger charge is -2.40. The van der Waals surface area contributed by atoms with E-state index in [1.807, 2.05) is 0 Å². The van der Waals surface area contributed by atoms with Crippen molar-refractivity contribution in [1.29, 1.82) is 0 Å². The zero-order chi connectivity index (χ0) is 46.1. The van der Waals surface area contributed by atoms with Crippen LogP contribution in [0.3, 0.4) is 0 Å². The molecule has 0 rings (SSSR count). The Balaban J connectivity index is 4.79. The van der Waals surface area contributed by atoms with Gasteiger partial charge in [-0.1, -0.05) is 290 Å². The summed E-state index contributed by atoms with van der Waals surface area (Å²) >= 11 is 0. The fourth-order valence-corrected chi connectivity index (χ4v) is 10.9. The fraction of sp³-hybridized carbons (Fsp3) is 1.00. The van der Waals surface area contributed by atoms with Gasteiger partial charge in [0.15, 0.2) is 0 Å². The summed E-state index contributed by atoms with van der Waals surface area (Å²) in [4.78, 5) is 0. The number of hydrogen-bond donors (Lipinski definition) is 2. The van der Waals surface area contributed by atoms with Gasteiger partial charge in [-0.15, -0.1) is 0 Å². The molecule has 0 radical (unpaired) electrons. The number of hydrogen-bond acceptors (Lipinski definition) is 3. The molecule has 1 unspecified atom stereocenters. The van der Waals surface area contributed by atoms with Crippen LogP contribution in [-0.4, -0.2) is 60.6 Å². The molecule has 0 aromatic carbocycles. The van der Waals surface area contributed by atoms with Crippen LogP contribution in [0.4, 0.5) is 0 Å². The Hall–Kier alpha value is -0.170. The van der Waals surface area contributed by atoms with Crippen molar-refractivity contribution >= 4 is 10.1 Å². The summed E-state index contributed by atoms with van der Waals surface area (Å²) in [5.74, 6) is -0.538. The maximum absolute atomic E-state index is 11.9. The smallest absolute Gasteiger partial charge is 0.267 e. The van der Waals surface area contributed by atoms with Crippen molar-refractivity contribution in [3.63, 3.8) is 0 Å². The van der Waals surface area contributed by atoms with Crippen LogP contribution < -0.4 is 0 Å². The molecule has 0 aliphatic rings. The molecule has 0 aromatic rings. The van der Waals surface area contributed by atoms with E-state index in [-0.39, 0.29) is 0 Å². The highest BCUT2D eigenvalue weighted by atomic mass is 32.2. The van der Waals surface area contributed by atoms with Crippen LogP contribution in [0, 0.1) is 0 Å². The average molecular weight is 914 g/mol. The Labute approximate surface area is 398 Å². The first-order valence-electron chi connectivity index (χ1n) is 29.3. The zero-order valence-corrected chi connectivity index (χ0v) is 44.4. The average Bonchev–Trinajstić information content (AvgIpc) is 3.25. The Kier molecular flexibility index (Phi) is 49.6. The Morgan fingerprint density at radius 3 is 0.619 bits per heavy atom. The molecular formula is C57H118NO4S+. The van der Waals surface area contributed by atoms with Crippen molar-refractivity contribution in [2.24, 2.45) is 0 Å². The van der Waals surface area contributed by atoms with E-state index in [4.69, 9.17) is 0 Å². The second-order valence-corrected chi connectivity index (χ2v) is 22.5. The first kappa shape index (κ1) is 62.8. The van der Waals surface area contributed by atoms with Crippen molar-refractivity contribution in [2.45, 2.75) is 335 Å². The lowest BCUT2D eigenvalue weighted by molar-refractivity contribution is -0.931. The number of aliphatic hydroxyl groups is 1. The molecule has 63 heavy (non-hydrogen) atoms. The normalized spacial score (nSPS) is 12.8. The van der Waals surface area contributed by atoms with Crippen molar-refractivity contribution in [1.82, 2.24) is 0 Å². The first-order chi connectivity index (χ1) is 30.8. The minimum Gasteiger partial charge on any atom is -0.386 e. The summed E-state index contributed by atoms with van der Waals surface area (Å²) in [6.45, 7) is 10.4. The summed E-state index contributed by atoms with van der Waals surface area (Å²) in [5, 5.41) is 11.1. The molecule has 0 fully saturated rings. The summed E-state index contributed by atoms with van der Waals surface area (Å²) in [5.41, 5.74) is 0. The topological polar surface area (TPSA) is 74.6 Å². The first-order valence-corrected chi connectivity index (χ1v) is 30.9. The van der Waals surface area contributed by atoms with E-state index in [0.717, 1.165) is 43.4 Å². The molecule has 2 N–H and O–H groups in total. The lowest BCUT2D eigenvalue weighted by Crippen LogP contribution is -2.55. The van der Waals surface area contributed by atoms with Crippen LogP contribution in [0.1, 0.15) is 329 Å². The minimum atomic E-state index is -4.21. The molecule has 0 saturated carbocycles. The van der Waals surface area contributed by atoms with Gasteiger partial charge in [-0.25, -0.2) is 0 Å². The molecule has 0 spiro atoms. The second-order valence-electron chi connectivity index (χ2n) is 21.0. The minimum absolute atomic E-state index is 0.454. The maximum Gasteiger partial charge on any atom is 0.267 e. The largest absolute Gasteiger partial charge is 0.386 e. The van der Waals surface area contributed by atoms with Crippen LogP contribution >= 0.6 is 0 Å². The molecule has 5 nitrogen and oxygen atoms in total. The third kappa shape index (κ3) is 49.6. The molecular weight excluding hydrogens is 795 g/mol. The fourth-order valence-electron chi connectivity index (χ4n) is 10.3. The molecule has 380 valence electrons. The number of nitrogens with zero attached hydrogens (tertiary/aromatic N) is 1. The molecule has 0 aliphatic carbocycles. The number of quaternary nitrogens is 1. The van der Waals surface area contributed by atoms with E-state index in [9.17, 15) is 18.1 Å². The van der Waals surface area contributed by atoms with Gasteiger partial charge in [-0.05, 0) is 38.5 Å². The van der Waals surface area contributed by atoms with Crippen molar-refractivity contribution in [3.8, 4) is 0 Å². The van der Waals surface area contributed by atoms with Gasteiger partial charge in [-0.2, -0.15) is 8.42 Å². The van der Waals surface area contributed by atoms with Gasteiger partial charge in [0.05, 0.1) is 19.6 Å². The Morgan fingerprint density at radius 2 is 0.460 bits per heavy atom. The predicted molar refractivity (Wildman–Crippen MR) is 281 cm³/mol. The van der Waals surface area contributed by atoms with Crippen LogP contribution in [0.25, 0.3) is 0 Å². The highest BCUT2D eigenvalue weighted by Crippen LogP contribution is 2.22. The van der Waals surface area contributed by atoms with Gasteiger partial charge in [0.25, 0.3) is 10.1 Å². The van der Waals surface area contributed by atoms with Crippen molar-refractivity contribution in [3.05, 3.63) is 0 Å². The standard InChI is InChI=1S/C57H117NO4S/c1-4-7-10-13-16-19-22-25-28-31-34-37-40-43-46-49-52-58(55-57(59)56-63(60,61)62,53-50-47-44-41-38-35-32-29-26-23-20-17-14-11-8-5-2)54-51-48-45-42-39-36-33-30-27-24-21-18-15-12-9-6-3/h57,59H,4-56H2,1-3H3/p+1. The summed E-state index contributed by atoms with van der Waals surface area (Å²) in [7, 11) is -4.21. The highest BCUT2D eigenvalue weighted by molar-refractivity contribution is 7.85. The van der Waals surface area contributed by atoms with Crippen LogP contribution in [0.2, 0.25) is 0 Å². The summed E-state index contributed by atoms with van der Waals surface area (Å²) in [6, 6.07) is 0. The van der Waals surface area contributed by atoms with Crippen LogP contribution in [0.5, 0.6) is 0 Å². The monoisotopic (exact) mass is 913 g/mol. The lowest BCUT2D eigenvalue weighted by atomic mass is 10.0. The molecule has 0 amide bonds. The molecule has 6 heteroatoms. The van der Waals surface area contributed by atoms with Gasteiger partial charge in [0.1, 0.15) is 18.4 Å². The van der Waals surface area contributed by atoms with Crippen molar-refractivity contribution < 1.29 is 22.6 Å².